The molecular weight excluding hydrogens is 322 g/mol. The molecule has 1 atom stereocenters. The summed E-state index contributed by atoms with van der Waals surface area (Å²) < 4.78 is 11.1. The number of pyridine rings is 1. The first kappa shape index (κ1) is 17.7. The maximum absolute atomic E-state index is 12.5. The van der Waals surface area contributed by atoms with Gasteiger partial charge in [-0.05, 0) is 32.4 Å². The molecule has 0 saturated carbocycles. The van der Waals surface area contributed by atoms with Gasteiger partial charge in [0.2, 0.25) is 5.91 Å². The second-order valence-electron chi connectivity index (χ2n) is 7.15. The Morgan fingerprint density at radius 2 is 2.28 bits per heavy atom. The molecule has 2 saturated heterocycles. The van der Waals surface area contributed by atoms with E-state index in [1.807, 2.05) is 23.6 Å². The van der Waals surface area contributed by atoms with Crippen molar-refractivity contribution in [2.45, 2.75) is 26.3 Å². The number of hydrogen-bond acceptors (Lipinski definition) is 5. The molecule has 7 heteroatoms. The molecular formula is C18H25N3O4. The fourth-order valence-electron chi connectivity index (χ4n) is 3.47. The monoisotopic (exact) mass is 347 g/mol. The molecule has 3 heterocycles. The lowest BCUT2D eigenvalue weighted by Crippen LogP contribution is -2.46. The maximum Gasteiger partial charge on any atom is 0.260 e. The van der Waals surface area contributed by atoms with E-state index in [1.54, 1.807) is 24.5 Å². The average molecular weight is 347 g/mol. The standard InChI is InChI=1S/C18H25N3O4/c1-14(2)21-12-18(13-24-9-17(21)23)5-7-20(11-18)16(22)10-25-15-4-3-6-19-8-15/h3-4,6,8,14H,5,7,9-13H2,1-2H3. The largest absolute Gasteiger partial charge is 0.482 e. The molecule has 1 unspecified atom stereocenters. The van der Waals surface area contributed by atoms with E-state index in [9.17, 15) is 9.59 Å². The average Bonchev–Trinajstić information content (AvgIpc) is 2.94. The van der Waals surface area contributed by atoms with Gasteiger partial charge in [0, 0.05) is 37.3 Å². The van der Waals surface area contributed by atoms with Crippen molar-refractivity contribution >= 4 is 11.8 Å². The van der Waals surface area contributed by atoms with Crippen LogP contribution in [0.4, 0.5) is 0 Å². The summed E-state index contributed by atoms with van der Waals surface area (Å²) in [4.78, 5) is 32.3. The summed E-state index contributed by atoms with van der Waals surface area (Å²) in [6, 6.07) is 3.67. The van der Waals surface area contributed by atoms with E-state index in [2.05, 4.69) is 4.98 Å². The highest BCUT2D eigenvalue weighted by Crippen LogP contribution is 2.34. The molecule has 1 spiro atoms. The molecule has 0 radical (unpaired) electrons. The quantitative estimate of drug-likeness (QED) is 0.811. The second kappa shape index (κ2) is 7.39. The summed E-state index contributed by atoms with van der Waals surface area (Å²) in [5.74, 6) is 0.558. The van der Waals surface area contributed by atoms with Crippen molar-refractivity contribution in [3.63, 3.8) is 0 Å². The minimum Gasteiger partial charge on any atom is -0.482 e. The van der Waals surface area contributed by atoms with Crippen LogP contribution in [-0.4, -0.2) is 72.1 Å². The molecule has 2 aliphatic rings. The van der Waals surface area contributed by atoms with Gasteiger partial charge in [0.15, 0.2) is 6.61 Å². The van der Waals surface area contributed by atoms with Gasteiger partial charge in [-0.3, -0.25) is 14.6 Å². The van der Waals surface area contributed by atoms with Gasteiger partial charge in [0.25, 0.3) is 5.91 Å². The highest BCUT2D eigenvalue weighted by atomic mass is 16.5. The van der Waals surface area contributed by atoms with E-state index in [0.717, 1.165) is 6.42 Å². The second-order valence-corrected chi connectivity index (χ2v) is 7.15. The third-order valence-corrected chi connectivity index (χ3v) is 4.87. The van der Waals surface area contributed by atoms with Gasteiger partial charge in [-0.2, -0.15) is 0 Å². The van der Waals surface area contributed by atoms with Crippen LogP contribution in [0.3, 0.4) is 0 Å². The van der Waals surface area contributed by atoms with Crippen LogP contribution in [0.2, 0.25) is 0 Å². The van der Waals surface area contributed by atoms with Crippen LogP contribution in [-0.2, 0) is 14.3 Å². The minimum absolute atomic E-state index is 0.00451. The van der Waals surface area contributed by atoms with Crippen LogP contribution in [0.25, 0.3) is 0 Å². The molecule has 2 aliphatic heterocycles. The highest BCUT2D eigenvalue weighted by Gasteiger charge is 2.44. The number of hydrogen-bond donors (Lipinski definition) is 0. The zero-order valence-electron chi connectivity index (χ0n) is 14.8. The normalized spacial score (nSPS) is 24.0. The Morgan fingerprint density at radius 3 is 3.00 bits per heavy atom. The number of ether oxygens (including phenoxy) is 2. The molecule has 0 bridgehead atoms. The zero-order valence-corrected chi connectivity index (χ0v) is 14.8. The molecule has 2 fully saturated rings. The summed E-state index contributed by atoms with van der Waals surface area (Å²) in [7, 11) is 0. The van der Waals surface area contributed by atoms with Crippen molar-refractivity contribution in [1.29, 1.82) is 0 Å². The fourth-order valence-corrected chi connectivity index (χ4v) is 3.47. The van der Waals surface area contributed by atoms with E-state index in [0.29, 0.717) is 32.0 Å². The molecule has 0 aliphatic carbocycles. The number of likely N-dealkylation sites (tertiary alicyclic amines) is 1. The van der Waals surface area contributed by atoms with E-state index in [4.69, 9.17) is 9.47 Å². The smallest absolute Gasteiger partial charge is 0.260 e. The van der Waals surface area contributed by atoms with E-state index in [-0.39, 0.29) is 36.5 Å². The van der Waals surface area contributed by atoms with Crippen molar-refractivity contribution in [3.05, 3.63) is 24.5 Å². The van der Waals surface area contributed by atoms with Gasteiger partial charge in [-0.1, -0.05) is 0 Å². The van der Waals surface area contributed by atoms with E-state index < -0.39 is 0 Å². The molecule has 2 amide bonds. The Hall–Kier alpha value is -2.15. The summed E-state index contributed by atoms with van der Waals surface area (Å²) in [5, 5.41) is 0. The number of carbonyl (C=O) groups excluding carboxylic acids is 2. The van der Waals surface area contributed by atoms with Gasteiger partial charge in [-0.15, -0.1) is 0 Å². The van der Waals surface area contributed by atoms with Crippen molar-refractivity contribution in [1.82, 2.24) is 14.8 Å². The summed E-state index contributed by atoms with van der Waals surface area (Å²) >= 11 is 0. The van der Waals surface area contributed by atoms with Crippen LogP contribution in [0.1, 0.15) is 20.3 Å². The first-order valence-corrected chi connectivity index (χ1v) is 8.67. The Morgan fingerprint density at radius 1 is 1.44 bits per heavy atom. The van der Waals surface area contributed by atoms with Crippen molar-refractivity contribution < 1.29 is 19.1 Å². The van der Waals surface area contributed by atoms with Gasteiger partial charge >= 0.3 is 0 Å². The minimum atomic E-state index is -0.180. The topological polar surface area (TPSA) is 72.0 Å². The van der Waals surface area contributed by atoms with E-state index in [1.165, 1.54) is 0 Å². The van der Waals surface area contributed by atoms with Crippen LogP contribution in [0, 0.1) is 5.41 Å². The SMILES string of the molecule is CC(C)N1CC2(CCN(C(=O)COc3cccnc3)C2)COCC1=O. The van der Waals surface area contributed by atoms with Crippen molar-refractivity contribution in [3.8, 4) is 5.75 Å². The molecule has 25 heavy (non-hydrogen) atoms. The third-order valence-electron chi connectivity index (χ3n) is 4.87. The van der Waals surface area contributed by atoms with Crippen LogP contribution < -0.4 is 4.74 Å². The number of carbonyl (C=O) groups is 2. The number of rotatable bonds is 4. The number of amides is 2. The van der Waals surface area contributed by atoms with E-state index >= 15 is 0 Å². The van der Waals surface area contributed by atoms with Crippen molar-refractivity contribution in [2.24, 2.45) is 5.41 Å². The van der Waals surface area contributed by atoms with Crippen molar-refractivity contribution in [2.75, 3.05) is 39.5 Å². The lowest BCUT2D eigenvalue weighted by Gasteiger charge is -2.34. The highest BCUT2D eigenvalue weighted by molar-refractivity contribution is 5.79. The lowest BCUT2D eigenvalue weighted by molar-refractivity contribution is -0.135. The first-order valence-electron chi connectivity index (χ1n) is 8.67. The molecule has 1 aromatic rings. The molecule has 0 aromatic carbocycles. The van der Waals surface area contributed by atoms with Gasteiger partial charge in [0.1, 0.15) is 12.4 Å². The van der Waals surface area contributed by atoms with Crippen LogP contribution in [0.15, 0.2) is 24.5 Å². The summed E-state index contributed by atoms with van der Waals surface area (Å²) in [6.45, 7) is 6.55. The van der Waals surface area contributed by atoms with Gasteiger partial charge < -0.3 is 19.3 Å². The fraction of sp³-hybridized carbons (Fsp3) is 0.611. The molecule has 1 aromatic heterocycles. The molecule has 3 rings (SSSR count). The van der Waals surface area contributed by atoms with Gasteiger partial charge in [-0.25, -0.2) is 0 Å². The summed E-state index contributed by atoms with van der Waals surface area (Å²) in [5.41, 5.74) is -0.180. The first-order chi connectivity index (χ1) is 12.0. The third kappa shape index (κ3) is 4.10. The Kier molecular flexibility index (Phi) is 5.22. The Balaban J connectivity index is 1.59. The molecule has 136 valence electrons. The molecule has 7 nitrogen and oxygen atoms in total. The Labute approximate surface area is 147 Å². The predicted octanol–water partition coefficient (Wildman–Crippen LogP) is 0.946. The Bertz CT molecular complexity index is 622. The molecule has 0 N–H and O–H groups in total. The maximum atomic E-state index is 12.5. The van der Waals surface area contributed by atoms with Crippen LogP contribution in [0.5, 0.6) is 5.75 Å². The lowest BCUT2D eigenvalue weighted by atomic mass is 9.87. The predicted molar refractivity (Wildman–Crippen MR) is 91.0 cm³/mol. The van der Waals surface area contributed by atoms with Gasteiger partial charge in [0.05, 0.1) is 12.8 Å². The summed E-state index contributed by atoms with van der Waals surface area (Å²) in [6.07, 6.45) is 4.08. The number of aromatic nitrogens is 1. The number of nitrogens with zero attached hydrogens (tertiary/aromatic N) is 3. The van der Waals surface area contributed by atoms with Crippen LogP contribution >= 0.6 is 0 Å². The zero-order chi connectivity index (χ0) is 17.9.